The Bertz CT molecular complexity index is 864. The van der Waals surface area contributed by atoms with Crippen molar-refractivity contribution in [2.24, 2.45) is 12.5 Å². The number of amides is 1. The van der Waals surface area contributed by atoms with Gasteiger partial charge in [-0.25, -0.2) is 4.98 Å². The third-order valence-electron chi connectivity index (χ3n) is 5.79. The van der Waals surface area contributed by atoms with Gasteiger partial charge in [0.2, 0.25) is 12.7 Å². The fraction of sp³-hybridized carbons (Fsp3) is 0.474. The van der Waals surface area contributed by atoms with Crippen LogP contribution in [0.3, 0.4) is 0 Å². The van der Waals surface area contributed by atoms with Gasteiger partial charge in [-0.2, -0.15) is 0 Å². The van der Waals surface area contributed by atoms with Crippen molar-refractivity contribution in [1.82, 2.24) is 14.5 Å². The van der Waals surface area contributed by atoms with E-state index in [-0.39, 0.29) is 18.1 Å². The summed E-state index contributed by atoms with van der Waals surface area (Å²) in [6, 6.07) is 5.75. The lowest BCUT2D eigenvalue weighted by molar-refractivity contribution is -0.117. The molecule has 0 saturated carbocycles. The molecule has 0 N–H and O–H groups in total. The molecule has 3 aliphatic rings. The Hall–Kier alpha value is -2.54. The molecule has 7 nitrogen and oxygen atoms in total. The van der Waals surface area contributed by atoms with Crippen LogP contribution in [-0.4, -0.2) is 46.8 Å². The molecule has 2 aromatic rings. The Balaban J connectivity index is 1.31. The number of likely N-dealkylation sites (tertiary alicyclic amines) is 1. The third kappa shape index (κ3) is 2.54. The second-order valence-corrected chi connectivity index (χ2v) is 7.61. The van der Waals surface area contributed by atoms with Gasteiger partial charge in [0.25, 0.3) is 0 Å². The second kappa shape index (κ2) is 5.74. The molecule has 3 aliphatic heterocycles. The number of carbonyl (C=O) groups is 1. The van der Waals surface area contributed by atoms with Gasteiger partial charge < -0.3 is 18.9 Å². The van der Waals surface area contributed by atoms with Gasteiger partial charge in [-0.3, -0.25) is 9.69 Å². The predicted molar refractivity (Wildman–Crippen MR) is 95.1 cm³/mol. The van der Waals surface area contributed by atoms with Crippen molar-refractivity contribution in [1.29, 1.82) is 0 Å². The van der Waals surface area contributed by atoms with E-state index in [1.54, 1.807) is 0 Å². The summed E-state index contributed by atoms with van der Waals surface area (Å²) in [5.74, 6) is 2.73. The standard InChI is InChI=1S/C19H22N4O3/c1-21-7-5-20-17(21)10-22-6-4-19(11-22)9-18(24)23(12-19)14-2-3-15-16(8-14)26-13-25-15/h2-3,5,7-8H,4,6,9-13H2,1H3. The van der Waals surface area contributed by atoms with Crippen molar-refractivity contribution in [3.05, 3.63) is 36.4 Å². The maximum Gasteiger partial charge on any atom is 0.231 e. The third-order valence-corrected chi connectivity index (χ3v) is 5.79. The topological polar surface area (TPSA) is 59.8 Å². The minimum Gasteiger partial charge on any atom is -0.454 e. The summed E-state index contributed by atoms with van der Waals surface area (Å²) in [4.78, 5) is 21.5. The monoisotopic (exact) mass is 354 g/mol. The van der Waals surface area contributed by atoms with Crippen LogP contribution in [0.25, 0.3) is 0 Å². The van der Waals surface area contributed by atoms with E-state index in [4.69, 9.17) is 9.47 Å². The van der Waals surface area contributed by atoms with Gasteiger partial charge in [0, 0.05) is 56.1 Å². The number of aromatic nitrogens is 2. The van der Waals surface area contributed by atoms with E-state index in [0.29, 0.717) is 6.42 Å². The second-order valence-electron chi connectivity index (χ2n) is 7.61. The Kier molecular flexibility index (Phi) is 3.46. The molecule has 0 bridgehead atoms. The van der Waals surface area contributed by atoms with Gasteiger partial charge in [-0.15, -0.1) is 0 Å². The molecule has 2 fully saturated rings. The van der Waals surface area contributed by atoms with E-state index >= 15 is 0 Å². The molecule has 26 heavy (non-hydrogen) atoms. The van der Waals surface area contributed by atoms with Crippen LogP contribution in [0.4, 0.5) is 5.69 Å². The zero-order chi connectivity index (χ0) is 17.7. The zero-order valence-electron chi connectivity index (χ0n) is 14.9. The highest BCUT2D eigenvalue weighted by atomic mass is 16.7. The van der Waals surface area contributed by atoms with Crippen LogP contribution < -0.4 is 14.4 Å². The van der Waals surface area contributed by atoms with E-state index in [9.17, 15) is 4.79 Å². The number of imidazole rings is 1. The summed E-state index contributed by atoms with van der Waals surface area (Å²) in [5, 5.41) is 0. The molecule has 0 aliphatic carbocycles. The summed E-state index contributed by atoms with van der Waals surface area (Å²) in [6.07, 6.45) is 5.46. The molecule has 1 atom stereocenters. The normalized spacial score (nSPS) is 25.0. The van der Waals surface area contributed by atoms with E-state index in [1.165, 1.54) is 0 Å². The highest BCUT2D eigenvalue weighted by molar-refractivity contribution is 5.96. The summed E-state index contributed by atoms with van der Waals surface area (Å²) in [6.45, 7) is 3.80. The Labute approximate surface area is 152 Å². The zero-order valence-corrected chi connectivity index (χ0v) is 14.9. The quantitative estimate of drug-likeness (QED) is 0.841. The van der Waals surface area contributed by atoms with Crippen molar-refractivity contribution < 1.29 is 14.3 Å². The molecule has 136 valence electrons. The number of rotatable bonds is 3. The fourth-order valence-corrected chi connectivity index (χ4v) is 4.37. The van der Waals surface area contributed by atoms with Gasteiger partial charge in [-0.05, 0) is 25.1 Å². The SMILES string of the molecule is Cn1ccnc1CN1CCC2(CC(=O)N(c3ccc4c(c3)OCO4)C2)C1. The van der Waals surface area contributed by atoms with Crippen molar-refractivity contribution in [2.75, 3.05) is 31.3 Å². The first-order chi connectivity index (χ1) is 12.6. The fourth-order valence-electron chi connectivity index (χ4n) is 4.37. The van der Waals surface area contributed by atoms with Gasteiger partial charge in [-0.1, -0.05) is 0 Å². The molecule has 5 rings (SSSR count). The molecule has 7 heteroatoms. The number of ether oxygens (including phenoxy) is 2. The molecule has 1 aromatic heterocycles. The summed E-state index contributed by atoms with van der Waals surface area (Å²) in [7, 11) is 2.02. The van der Waals surface area contributed by atoms with Crippen molar-refractivity contribution in [2.45, 2.75) is 19.4 Å². The van der Waals surface area contributed by atoms with Gasteiger partial charge in [0.05, 0.1) is 6.54 Å². The highest BCUT2D eigenvalue weighted by Gasteiger charge is 2.48. The number of anilines is 1. The van der Waals surface area contributed by atoms with Crippen molar-refractivity contribution >= 4 is 11.6 Å². The molecule has 1 aromatic carbocycles. The lowest BCUT2D eigenvalue weighted by Crippen LogP contribution is -2.31. The highest BCUT2D eigenvalue weighted by Crippen LogP contribution is 2.44. The van der Waals surface area contributed by atoms with E-state index in [0.717, 1.165) is 55.6 Å². The van der Waals surface area contributed by atoms with Crippen LogP contribution in [0.15, 0.2) is 30.6 Å². The van der Waals surface area contributed by atoms with Crippen molar-refractivity contribution in [3.63, 3.8) is 0 Å². The Morgan fingerprint density at radius 2 is 2.12 bits per heavy atom. The number of fused-ring (bicyclic) bond motifs is 1. The molecular weight excluding hydrogens is 332 g/mol. The molecular formula is C19H22N4O3. The lowest BCUT2D eigenvalue weighted by atomic mass is 9.86. The number of carbonyl (C=O) groups excluding carboxylic acids is 1. The summed E-state index contributed by atoms with van der Waals surface area (Å²) >= 11 is 0. The minimum atomic E-state index is 0.0403. The maximum absolute atomic E-state index is 12.7. The summed E-state index contributed by atoms with van der Waals surface area (Å²) < 4.78 is 12.9. The van der Waals surface area contributed by atoms with Crippen LogP contribution in [-0.2, 0) is 18.4 Å². The number of benzene rings is 1. The first-order valence-electron chi connectivity index (χ1n) is 9.01. The molecule has 1 spiro atoms. The number of nitrogens with zero attached hydrogens (tertiary/aromatic N) is 4. The average molecular weight is 354 g/mol. The molecule has 4 heterocycles. The minimum absolute atomic E-state index is 0.0403. The van der Waals surface area contributed by atoms with Gasteiger partial charge in [0.1, 0.15) is 5.82 Å². The van der Waals surface area contributed by atoms with Crippen LogP contribution in [0.1, 0.15) is 18.7 Å². The lowest BCUT2D eigenvalue weighted by Gasteiger charge is -2.24. The average Bonchev–Trinajstić information content (AvgIpc) is 3.38. The van der Waals surface area contributed by atoms with E-state index in [1.807, 2.05) is 42.5 Å². The first-order valence-corrected chi connectivity index (χ1v) is 9.01. The van der Waals surface area contributed by atoms with Gasteiger partial charge >= 0.3 is 0 Å². The van der Waals surface area contributed by atoms with Crippen molar-refractivity contribution in [3.8, 4) is 11.5 Å². The number of aryl methyl sites for hydroxylation is 1. The molecule has 1 amide bonds. The Morgan fingerprint density at radius 1 is 1.23 bits per heavy atom. The van der Waals surface area contributed by atoms with Crippen LogP contribution >= 0.6 is 0 Å². The van der Waals surface area contributed by atoms with Crippen LogP contribution in [0.5, 0.6) is 11.5 Å². The maximum atomic E-state index is 12.7. The van der Waals surface area contributed by atoms with E-state index in [2.05, 4.69) is 14.5 Å². The molecule has 2 saturated heterocycles. The number of hydrogen-bond acceptors (Lipinski definition) is 5. The van der Waals surface area contributed by atoms with Crippen LogP contribution in [0, 0.1) is 5.41 Å². The molecule has 0 radical (unpaired) electrons. The smallest absolute Gasteiger partial charge is 0.231 e. The van der Waals surface area contributed by atoms with E-state index < -0.39 is 0 Å². The summed E-state index contributed by atoms with van der Waals surface area (Å²) in [5.41, 5.74) is 0.942. The Morgan fingerprint density at radius 3 is 2.96 bits per heavy atom. The molecule has 1 unspecified atom stereocenters. The first kappa shape index (κ1) is 15.7. The van der Waals surface area contributed by atoms with Gasteiger partial charge in [0.15, 0.2) is 11.5 Å². The number of hydrogen-bond donors (Lipinski definition) is 0. The van der Waals surface area contributed by atoms with Crippen LogP contribution in [0.2, 0.25) is 0 Å². The predicted octanol–water partition coefficient (Wildman–Crippen LogP) is 1.78. The largest absolute Gasteiger partial charge is 0.454 e.